The van der Waals surface area contributed by atoms with Gasteiger partial charge in [-0.3, -0.25) is 4.79 Å². The number of ketones is 1. The summed E-state index contributed by atoms with van der Waals surface area (Å²) in [6, 6.07) is 0. The molecule has 0 aromatic rings. The van der Waals surface area contributed by atoms with Crippen LogP contribution in [0.2, 0.25) is 0 Å². The second kappa shape index (κ2) is 9.52. The Morgan fingerprint density at radius 1 is 0.872 bits per heavy atom. The maximum Gasteiger partial charge on any atom is 0.160 e. The molecule has 39 heavy (non-hydrogen) atoms. The van der Waals surface area contributed by atoms with Crippen molar-refractivity contribution in [2.45, 2.75) is 124 Å². The topological polar surface area (TPSA) is 57.5 Å². The van der Waals surface area contributed by atoms with E-state index in [1.807, 2.05) is 23.5 Å². The number of carbonyl (C=O) groups is 1. The standard InChI is InChI=1S/C34H54O3S2/c1-20(2)27-22(35)18-34(29(37)23-19-38-16-17-39-23)15-14-32(6)21(28(27)34)8-9-25-31(5)12-11-26(36)30(3,4)24(31)10-13-33(25,32)7/h20-21,23-26,29,36-37H,8-19H2,1-7H3/t21-,23?,24+,25-,26+,29?,31+,32-,33-,34-/m1/s1. The number of carbonyl (C=O) groups excluding carboxylic acids is 1. The lowest BCUT2D eigenvalue weighted by Crippen LogP contribution is -2.66. The van der Waals surface area contributed by atoms with Crippen LogP contribution in [0.3, 0.4) is 0 Å². The van der Waals surface area contributed by atoms with Gasteiger partial charge < -0.3 is 10.2 Å². The van der Waals surface area contributed by atoms with Gasteiger partial charge in [-0.1, -0.05) is 54.0 Å². The summed E-state index contributed by atoms with van der Waals surface area (Å²) in [4.78, 5) is 13.9. The summed E-state index contributed by atoms with van der Waals surface area (Å²) in [5.41, 5.74) is 2.76. The zero-order chi connectivity index (χ0) is 28.2. The van der Waals surface area contributed by atoms with Crippen LogP contribution in [0.5, 0.6) is 0 Å². The lowest BCUT2D eigenvalue weighted by atomic mass is 9.33. The first-order valence-corrected chi connectivity index (χ1v) is 18.3. The monoisotopic (exact) mass is 574 g/mol. The van der Waals surface area contributed by atoms with Crippen LogP contribution in [0.1, 0.15) is 106 Å². The Balaban J connectivity index is 1.43. The molecule has 1 aliphatic heterocycles. The van der Waals surface area contributed by atoms with Gasteiger partial charge in [0.2, 0.25) is 0 Å². The van der Waals surface area contributed by atoms with Gasteiger partial charge in [0.1, 0.15) is 0 Å². The summed E-state index contributed by atoms with van der Waals surface area (Å²) in [6.45, 7) is 16.9. The smallest absolute Gasteiger partial charge is 0.160 e. The second-order valence-corrected chi connectivity index (χ2v) is 18.7. The summed E-state index contributed by atoms with van der Waals surface area (Å²) in [6.07, 6.45) is 8.89. The first-order chi connectivity index (χ1) is 18.2. The van der Waals surface area contributed by atoms with Crippen molar-refractivity contribution in [3.63, 3.8) is 0 Å². The molecule has 2 N–H and O–H groups in total. The first-order valence-electron chi connectivity index (χ1n) is 16.1. The number of allylic oxidation sites excluding steroid dienone is 1. The van der Waals surface area contributed by atoms with E-state index in [1.54, 1.807) is 0 Å². The van der Waals surface area contributed by atoms with Crippen molar-refractivity contribution in [1.82, 2.24) is 0 Å². The van der Waals surface area contributed by atoms with Crippen molar-refractivity contribution < 1.29 is 15.0 Å². The van der Waals surface area contributed by atoms with Crippen molar-refractivity contribution in [3.8, 4) is 0 Å². The molecule has 0 aromatic heterocycles. The van der Waals surface area contributed by atoms with E-state index in [9.17, 15) is 15.0 Å². The Morgan fingerprint density at radius 3 is 2.28 bits per heavy atom. The van der Waals surface area contributed by atoms with Gasteiger partial charge in [-0.05, 0) is 102 Å². The summed E-state index contributed by atoms with van der Waals surface area (Å²) in [7, 11) is 0. The van der Waals surface area contributed by atoms with Crippen LogP contribution in [0.15, 0.2) is 11.1 Å². The van der Waals surface area contributed by atoms with Crippen molar-refractivity contribution in [2.75, 3.05) is 17.3 Å². The van der Waals surface area contributed by atoms with E-state index in [-0.39, 0.29) is 44.3 Å². The third-order valence-corrected chi connectivity index (χ3v) is 17.1. The van der Waals surface area contributed by atoms with Crippen molar-refractivity contribution in [1.29, 1.82) is 0 Å². The zero-order valence-electron chi connectivity index (χ0n) is 25.6. The van der Waals surface area contributed by atoms with E-state index in [2.05, 4.69) is 48.5 Å². The highest BCUT2D eigenvalue weighted by atomic mass is 32.2. The maximum absolute atomic E-state index is 13.9. The van der Waals surface area contributed by atoms with Crippen molar-refractivity contribution >= 4 is 29.3 Å². The molecule has 6 rings (SSSR count). The molecule has 3 nitrogen and oxygen atoms in total. The Morgan fingerprint density at radius 2 is 1.62 bits per heavy atom. The predicted molar refractivity (Wildman–Crippen MR) is 165 cm³/mol. The van der Waals surface area contributed by atoms with E-state index in [0.29, 0.717) is 30.0 Å². The lowest BCUT2D eigenvalue weighted by molar-refractivity contribution is -0.230. The van der Waals surface area contributed by atoms with Crippen molar-refractivity contribution in [3.05, 3.63) is 11.1 Å². The van der Waals surface area contributed by atoms with E-state index in [0.717, 1.165) is 49.2 Å². The summed E-state index contributed by atoms with van der Waals surface area (Å²) >= 11 is 3.93. The fourth-order valence-electron chi connectivity index (χ4n) is 12.1. The number of aliphatic hydroxyl groups is 2. The van der Waals surface area contributed by atoms with Gasteiger partial charge in [-0.15, -0.1) is 0 Å². The van der Waals surface area contributed by atoms with Gasteiger partial charge in [-0.25, -0.2) is 0 Å². The number of hydrogen-bond acceptors (Lipinski definition) is 5. The fraction of sp³-hybridized carbons (Fsp3) is 0.912. The fourth-order valence-corrected chi connectivity index (χ4v) is 14.9. The molecule has 0 radical (unpaired) electrons. The molecular formula is C34H54O3S2. The Hall–Kier alpha value is 0.0300. The van der Waals surface area contributed by atoms with Gasteiger partial charge in [0.05, 0.1) is 12.2 Å². The molecule has 220 valence electrons. The molecule has 5 fully saturated rings. The molecule has 2 unspecified atom stereocenters. The van der Waals surface area contributed by atoms with Crippen LogP contribution in [0.4, 0.5) is 0 Å². The number of aliphatic hydroxyl groups excluding tert-OH is 2. The number of fused-ring (bicyclic) bond motifs is 7. The summed E-state index contributed by atoms with van der Waals surface area (Å²) in [5, 5.41) is 23.4. The summed E-state index contributed by atoms with van der Waals surface area (Å²) < 4.78 is 0. The van der Waals surface area contributed by atoms with Gasteiger partial charge in [0, 0.05) is 34.3 Å². The second-order valence-electron chi connectivity index (χ2n) is 16.2. The number of thioether (sulfide) groups is 2. The Labute approximate surface area is 246 Å². The highest BCUT2D eigenvalue weighted by Gasteiger charge is 2.70. The molecule has 5 heteroatoms. The number of hydrogen-bond donors (Lipinski definition) is 2. The minimum absolute atomic E-state index is 0.0290. The van der Waals surface area contributed by atoms with Crippen molar-refractivity contribution in [2.24, 2.45) is 50.7 Å². The minimum Gasteiger partial charge on any atom is -0.393 e. The van der Waals surface area contributed by atoms with Crippen LogP contribution in [0, 0.1) is 50.7 Å². The van der Waals surface area contributed by atoms with E-state index >= 15 is 0 Å². The number of rotatable bonds is 3. The minimum atomic E-state index is -0.422. The average molecular weight is 575 g/mol. The Kier molecular flexibility index (Phi) is 7.10. The van der Waals surface area contributed by atoms with Gasteiger partial charge in [0.25, 0.3) is 0 Å². The van der Waals surface area contributed by atoms with E-state index < -0.39 is 6.10 Å². The van der Waals surface area contributed by atoms with Crippen LogP contribution in [-0.4, -0.2) is 50.7 Å². The highest BCUT2D eigenvalue weighted by molar-refractivity contribution is 8.06. The van der Waals surface area contributed by atoms with Crippen LogP contribution < -0.4 is 0 Å². The quantitative estimate of drug-likeness (QED) is 0.365. The molecule has 10 atom stereocenters. The largest absolute Gasteiger partial charge is 0.393 e. The molecule has 6 aliphatic rings. The van der Waals surface area contributed by atoms with Gasteiger partial charge in [-0.2, -0.15) is 23.5 Å². The molecule has 1 saturated heterocycles. The molecule has 4 saturated carbocycles. The third kappa shape index (κ3) is 3.80. The zero-order valence-corrected chi connectivity index (χ0v) is 27.3. The first kappa shape index (κ1) is 29.1. The maximum atomic E-state index is 13.9. The van der Waals surface area contributed by atoms with Gasteiger partial charge >= 0.3 is 0 Å². The predicted octanol–water partition coefficient (Wildman–Crippen LogP) is 7.54. The molecular weight excluding hydrogens is 521 g/mol. The molecule has 5 aliphatic carbocycles. The third-order valence-electron chi connectivity index (χ3n) is 14.2. The average Bonchev–Trinajstić information content (AvgIpc) is 3.20. The molecule has 0 bridgehead atoms. The molecule has 0 aromatic carbocycles. The number of Topliss-reactive ketones (excluding diaryl/α,β-unsaturated/α-hetero) is 1. The molecule has 0 amide bonds. The highest BCUT2D eigenvalue weighted by Crippen LogP contribution is 2.77. The van der Waals surface area contributed by atoms with Crippen LogP contribution in [0.25, 0.3) is 0 Å². The van der Waals surface area contributed by atoms with Crippen LogP contribution >= 0.6 is 23.5 Å². The molecule has 0 spiro atoms. The summed E-state index contributed by atoms with van der Waals surface area (Å²) in [5.74, 6) is 5.46. The Bertz CT molecular complexity index is 1050. The van der Waals surface area contributed by atoms with Gasteiger partial charge in [0.15, 0.2) is 5.78 Å². The van der Waals surface area contributed by atoms with E-state index in [4.69, 9.17) is 0 Å². The normalized spacial score (nSPS) is 50.2. The van der Waals surface area contributed by atoms with Crippen LogP contribution in [-0.2, 0) is 4.79 Å². The lowest BCUT2D eigenvalue weighted by Gasteiger charge is -2.72. The van der Waals surface area contributed by atoms with E-state index in [1.165, 1.54) is 30.6 Å². The SMILES string of the molecule is CC(C)C1=C2[C@H]3CC[C@@H]4[C@@]5(C)CC[C@H](O)C(C)(C)[C@@H]5CC[C@@]4(C)[C@]3(C)CC[C@@]2(C(O)C2CSCCS2)CC1=O. The molecule has 1 heterocycles.